The topological polar surface area (TPSA) is 92.0 Å². The van der Waals surface area contributed by atoms with E-state index in [9.17, 15) is 23.2 Å². The zero-order valence-electron chi connectivity index (χ0n) is 24.7. The number of piperidine rings is 1. The summed E-state index contributed by atoms with van der Waals surface area (Å²) in [4.78, 5) is 40.6. The monoisotopic (exact) mass is 679 g/mol. The van der Waals surface area contributed by atoms with Gasteiger partial charge in [0.05, 0.1) is 24.6 Å². The van der Waals surface area contributed by atoms with Crippen molar-refractivity contribution >= 4 is 40.5 Å². The van der Waals surface area contributed by atoms with Crippen molar-refractivity contribution in [2.75, 3.05) is 33.5 Å². The number of hydrogen-bond donors (Lipinski definition) is 0. The highest BCUT2D eigenvalue weighted by atomic mass is 35.5. The average Bonchev–Trinajstić information content (AvgIpc) is 3.06. The number of methoxy groups -OCH3 is 1. The van der Waals surface area contributed by atoms with E-state index in [4.69, 9.17) is 37.4 Å². The number of alkyl halides is 2. The smallest absolute Gasteiger partial charge is 0.332 e. The Morgan fingerprint density at radius 2 is 1.67 bits per heavy atom. The molecule has 1 amide bonds. The molecular formula is C32H30Cl2F3N3O6. The molecule has 0 spiro atoms. The van der Waals surface area contributed by atoms with Crippen LogP contribution >= 0.6 is 23.2 Å². The summed E-state index contributed by atoms with van der Waals surface area (Å²) in [6, 6.07) is 11.6. The van der Waals surface area contributed by atoms with Crippen molar-refractivity contribution in [2.24, 2.45) is 0 Å². The second-order valence-electron chi connectivity index (χ2n) is 10.7. The van der Waals surface area contributed by atoms with Gasteiger partial charge < -0.3 is 19.1 Å². The highest BCUT2D eigenvalue weighted by Crippen LogP contribution is 2.32. The Kier molecular flexibility index (Phi) is 10.5. The maximum atomic E-state index is 15.2. The fourth-order valence-electron chi connectivity index (χ4n) is 5.43. The molecular weight excluding hydrogens is 650 g/mol. The minimum Gasteiger partial charge on any atom is -0.493 e. The Balaban J connectivity index is 1.55. The van der Waals surface area contributed by atoms with E-state index in [-0.39, 0.29) is 24.1 Å². The Morgan fingerprint density at radius 3 is 2.30 bits per heavy atom. The first-order chi connectivity index (χ1) is 22.2. The lowest BCUT2D eigenvalue weighted by molar-refractivity contribution is -0.119. The third kappa shape index (κ3) is 6.82. The fraction of sp³-hybridized carbons (Fsp3) is 0.344. The summed E-state index contributed by atoms with van der Waals surface area (Å²) in [5.41, 5.74) is -0.334. The van der Waals surface area contributed by atoms with Crippen molar-refractivity contribution < 1.29 is 32.2 Å². The number of carbonyl (C=O) groups is 1. The highest BCUT2D eigenvalue weighted by Gasteiger charge is 2.26. The molecule has 2 heterocycles. The average molecular weight is 681 g/mol. The number of likely N-dealkylation sites (tertiary alicyclic amines) is 1. The number of nitrogens with zero attached hydrogens (tertiary/aromatic N) is 3. The van der Waals surface area contributed by atoms with Crippen LogP contribution in [0.15, 0.2) is 58.1 Å². The minimum absolute atomic E-state index is 0.0114. The van der Waals surface area contributed by atoms with Crippen LogP contribution in [0.2, 0.25) is 10.0 Å². The number of hydrogen-bond acceptors (Lipinski definition) is 6. The number of halogens is 5. The van der Waals surface area contributed by atoms with Crippen molar-refractivity contribution in [2.45, 2.75) is 38.1 Å². The molecule has 244 valence electrons. The molecule has 4 aromatic rings. The summed E-state index contributed by atoms with van der Waals surface area (Å²) >= 11 is 12.5. The van der Waals surface area contributed by atoms with Gasteiger partial charge in [0.25, 0.3) is 5.56 Å². The van der Waals surface area contributed by atoms with Gasteiger partial charge in [0.15, 0.2) is 29.2 Å². The SMILES string of the molecule is COc1cc(Cn2c(=O)c3cc(OC(CF)CF)c(F)cc3n(C3CCN(C=O)CC3)c2=O)ccc1OCc1c(Cl)cccc1Cl. The van der Waals surface area contributed by atoms with Gasteiger partial charge in [-0.15, -0.1) is 0 Å². The summed E-state index contributed by atoms with van der Waals surface area (Å²) in [6.45, 7) is -1.84. The second-order valence-corrected chi connectivity index (χ2v) is 11.6. The Morgan fingerprint density at radius 1 is 0.978 bits per heavy atom. The molecule has 0 N–H and O–H groups in total. The van der Waals surface area contributed by atoms with Crippen molar-refractivity contribution in [1.29, 1.82) is 0 Å². The number of amides is 1. The van der Waals surface area contributed by atoms with Crippen molar-refractivity contribution in [3.8, 4) is 17.2 Å². The van der Waals surface area contributed by atoms with E-state index in [2.05, 4.69) is 0 Å². The molecule has 0 atom stereocenters. The molecule has 0 saturated carbocycles. The number of aromatic nitrogens is 2. The highest BCUT2D eigenvalue weighted by molar-refractivity contribution is 6.35. The maximum absolute atomic E-state index is 15.2. The molecule has 9 nitrogen and oxygen atoms in total. The standard InChI is InChI=1S/C32H30Cl2F3N3O6/c1-44-30-11-19(5-6-28(30)45-17-23-24(33)3-2-4-25(23)34)16-39-31(42)22-12-29(46-21(14-35)15-36)26(37)13-27(22)40(32(39)43)20-7-9-38(18-41)10-8-20/h2-6,11-13,18,20-21H,7-10,14-17H2,1H3. The predicted octanol–water partition coefficient (Wildman–Crippen LogP) is 5.72. The van der Waals surface area contributed by atoms with E-state index in [1.165, 1.54) is 11.7 Å². The van der Waals surface area contributed by atoms with Crippen LogP contribution in [0.3, 0.4) is 0 Å². The summed E-state index contributed by atoms with van der Waals surface area (Å²) in [6.07, 6.45) is -0.0771. The lowest BCUT2D eigenvalue weighted by Crippen LogP contribution is -2.44. The Hall–Kier alpha value is -4.16. The zero-order chi connectivity index (χ0) is 33.0. The molecule has 1 aliphatic heterocycles. The van der Waals surface area contributed by atoms with E-state index >= 15 is 4.39 Å². The summed E-state index contributed by atoms with van der Waals surface area (Å²) in [7, 11) is 1.44. The lowest BCUT2D eigenvalue weighted by Gasteiger charge is -2.31. The van der Waals surface area contributed by atoms with Crippen LogP contribution in [0.5, 0.6) is 17.2 Å². The van der Waals surface area contributed by atoms with Gasteiger partial charge >= 0.3 is 5.69 Å². The van der Waals surface area contributed by atoms with Gasteiger partial charge in [0.1, 0.15) is 20.0 Å². The van der Waals surface area contributed by atoms with E-state index in [0.29, 0.717) is 58.6 Å². The first kappa shape index (κ1) is 33.2. The van der Waals surface area contributed by atoms with Crippen LogP contribution < -0.4 is 25.5 Å². The van der Waals surface area contributed by atoms with E-state index in [0.717, 1.165) is 23.1 Å². The Labute approximate surface area is 271 Å². The van der Waals surface area contributed by atoms with Gasteiger partial charge in [-0.05, 0) is 48.7 Å². The molecule has 5 rings (SSSR count). The number of fused-ring (bicyclic) bond motifs is 1. The van der Waals surface area contributed by atoms with E-state index < -0.39 is 48.3 Å². The van der Waals surface area contributed by atoms with Crippen LogP contribution in [0.1, 0.15) is 30.0 Å². The fourth-order valence-corrected chi connectivity index (χ4v) is 5.93. The van der Waals surface area contributed by atoms with Gasteiger partial charge in [-0.2, -0.15) is 0 Å². The molecule has 1 aliphatic rings. The molecule has 0 unspecified atom stereocenters. The van der Waals surface area contributed by atoms with Gasteiger partial charge in [0.2, 0.25) is 6.41 Å². The number of benzene rings is 3. The van der Waals surface area contributed by atoms with Crippen LogP contribution in [0, 0.1) is 5.82 Å². The van der Waals surface area contributed by atoms with Crippen LogP contribution in [0.25, 0.3) is 10.9 Å². The molecule has 14 heteroatoms. The molecule has 1 aromatic heterocycles. The summed E-state index contributed by atoms with van der Waals surface area (Å²) < 4.78 is 60.5. The summed E-state index contributed by atoms with van der Waals surface area (Å²) in [5, 5.41) is 0.796. The van der Waals surface area contributed by atoms with Gasteiger partial charge in [-0.25, -0.2) is 18.0 Å². The van der Waals surface area contributed by atoms with E-state index in [1.807, 2.05) is 0 Å². The van der Waals surface area contributed by atoms with Crippen LogP contribution in [-0.2, 0) is 17.9 Å². The van der Waals surface area contributed by atoms with Crippen LogP contribution in [0.4, 0.5) is 13.2 Å². The molecule has 0 bridgehead atoms. The predicted molar refractivity (Wildman–Crippen MR) is 168 cm³/mol. The van der Waals surface area contributed by atoms with Crippen molar-refractivity contribution in [3.63, 3.8) is 0 Å². The first-order valence-electron chi connectivity index (χ1n) is 14.4. The number of rotatable bonds is 12. The molecule has 0 aliphatic carbocycles. The zero-order valence-corrected chi connectivity index (χ0v) is 26.2. The molecule has 46 heavy (non-hydrogen) atoms. The Bertz CT molecular complexity index is 1840. The van der Waals surface area contributed by atoms with E-state index in [1.54, 1.807) is 41.3 Å². The molecule has 1 saturated heterocycles. The molecule has 0 radical (unpaired) electrons. The van der Waals surface area contributed by atoms with Gasteiger partial charge in [-0.3, -0.25) is 18.7 Å². The second kappa shape index (κ2) is 14.5. The lowest BCUT2D eigenvalue weighted by atomic mass is 10.0. The maximum Gasteiger partial charge on any atom is 0.332 e. The third-order valence-electron chi connectivity index (χ3n) is 7.88. The quantitative estimate of drug-likeness (QED) is 0.178. The van der Waals surface area contributed by atoms with Crippen molar-refractivity contribution in [3.05, 3.63) is 96.4 Å². The molecule has 3 aromatic carbocycles. The molecule has 1 fully saturated rings. The third-order valence-corrected chi connectivity index (χ3v) is 8.58. The van der Waals surface area contributed by atoms with Crippen molar-refractivity contribution in [1.82, 2.24) is 14.0 Å². The number of carbonyl (C=O) groups excluding carboxylic acids is 1. The van der Waals surface area contributed by atoms with Gasteiger partial charge in [-0.1, -0.05) is 35.3 Å². The van der Waals surface area contributed by atoms with Crippen LogP contribution in [-0.4, -0.2) is 60.1 Å². The first-order valence-corrected chi connectivity index (χ1v) is 15.1. The minimum atomic E-state index is -1.56. The summed E-state index contributed by atoms with van der Waals surface area (Å²) in [5.74, 6) is -0.815. The number of ether oxygens (including phenoxy) is 3. The van der Waals surface area contributed by atoms with Gasteiger partial charge in [0, 0.05) is 40.8 Å². The normalized spacial score (nSPS) is 13.8. The largest absolute Gasteiger partial charge is 0.493 e.